The number of hydrogen-bond acceptors (Lipinski definition) is 2. The number of H-pyrrole nitrogens is 1. The van der Waals surface area contributed by atoms with Crippen LogP contribution < -0.4 is 0 Å². The summed E-state index contributed by atoms with van der Waals surface area (Å²) in [5, 5.41) is 1.14. The number of aromatic nitrogens is 1. The maximum Gasteiger partial charge on any atom is 0.325 e. The Morgan fingerprint density at radius 2 is 2.25 bits per heavy atom. The van der Waals surface area contributed by atoms with Crippen LogP contribution >= 0.6 is 11.9 Å². The Morgan fingerprint density at radius 3 is 3.00 bits per heavy atom. The Balaban J connectivity index is 2.29. The molecule has 1 heterocycles. The topological polar surface area (TPSA) is 42.1 Å². The second-order valence-corrected chi connectivity index (χ2v) is 4.00. The molecule has 16 heavy (non-hydrogen) atoms. The molecule has 0 bridgehead atoms. The summed E-state index contributed by atoms with van der Waals surface area (Å²) in [6, 6.07) is 7.99. The largest absolute Gasteiger partial charge is 0.361 e. The average Bonchev–Trinajstić information content (AvgIpc) is 2.72. The summed E-state index contributed by atoms with van der Waals surface area (Å²) in [5.41, 5.74) is 2.18. The van der Waals surface area contributed by atoms with Gasteiger partial charge in [-0.3, -0.25) is 4.79 Å². The molecule has 0 radical (unpaired) electrons. The van der Waals surface area contributed by atoms with Crippen molar-refractivity contribution in [1.82, 2.24) is 4.98 Å². The SMILES string of the molecule is CC(CC(=O)OCl)c1c[nH]c2ccccc12. The predicted octanol–water partition coefficient (Wildman–Crippen LogP) is 3.36. The van der Waals surface area contributed by atoms with Crippen LogP contribution in [0.2, 0.25) is 0 Å². The van der Waals surface area contributed by atoms with Gasteiger partial charge in [-0.1, -0.05) is 25.1 Å². The summed E-state index contributed by atoms with van der Waals surface area (Å²) >= 11 is 5.02. The molecular weight excluding hydrogens is 226 g/mol. The first-order chi connectivity index (χ1) is 7.72. The number of aromatic amines is 1. The predicted molar refractivity (Wildman–Crippen MR) is 63.3 cm³/mol. The molecule has 84 valence electrons. The van der Waals surface area contributed by atoms with Crippen LogP contribution in [0, 0.1) is 0 Å². The molecule has 0 aliphatic rings. The van der Waals surface area contributed by atoms with Crippen LogP contribution in [0.1, 0.15) is 24.8 Å². The van der Waals surface area contributed by atoms with Gasteiger partial charge in [0, 0.05) is 17.1 Å². The van der Waals surface area contributed by atoms with Gasteiger partial charge in [0.25, 0.3) is 0 Å². The molecule has 2 aromatic rings. The molecule has 0 amide bonds. The zero-order valence-corrected chi connectivity index (χ0v) is 9.62. The maximum absolute atomic E-state index is 11.1. The number of para-hydroxylation sites is 1. The molecule has 0 aliphatic heterocycles. The molecule has 4 heteroatoms. The fourth-order valence-electron chi connectivity index (χ4n) is 1.89. The third-order valence-electron chi connectivity index (χ3n) is 2.71. The number of rotatable bonds is 3. The third kappa shape index (κ3) is 2.04. The number of benzene rings is 1. The summed E-state index contributed by atoms with van der Waals surface area (Å²) in [5.74, 6) is -0.318. The van der Waals surface area contributed by atoms with E-state index in [9.17, 15) is 4.79 Å². The van der Waals surface area contributed by atoms with Crippen molar-refractivity contribution in [1.29, 1.82) is 0 Å². The molecule has 1 unspecified atom stereocenters. The molecule has 1 N–H and O–H groups in total. The van der Waals surface area contributed by atoms with Gasteiger partial charge < -0.3 is 9.27 Å². The first kappa shape index (κ1) is 11.0. The van der Waals surface area contributed by atoms with Crippen molar-refractivity contribution in [3.8, 4) is 0 Å². The Labute approximate surface area is 98.5 Å². The van der Waals surface area contributed by atoms with Gasteiger partial charge in [0.2, 0.25) is 0 Å². The highest BCUT2D eigenvalue weighted by molar-refractivity contribution is 6.13. The van der Waals surface area contributed by atoms with Gasteiger partial charge in [-0.25, -0.2) is 0 Å². The van der Waals surface area contributed by atoms with Crippen molar-refractivity contribution in [3.63, 3.8) is 0 Å². The Morgan fingerprint density at radius 1 is 1.50 bits per heavy atom. The van der Waals surface area contributed by atoms with Gasteiger partial charge in [0.1, 0.15) is 11.9 Å². The molecule has 1 aromatic heterocycles. The lowest BCUT2D eigenvalue weighted by molar-refractivity contribution is -0.134. The Kier molecular flexibility index (Phi) is 3.15. The lowest BCUT2D eigenvalue weighted by Crippen LogP contribution is -2.03. The number of fused-ring (bicyclic) bond motifs is 1. The van der Waals surface area contributed by atoms with E-state index in [2.05, 4.69) is 9.27 Å². The first-order valence-electron chi connectivity index (χ1n) is 5.10. The van der Waals surface area contributed by atoms with Gasteiger partial charge in [-0.2, -0.15) is 0 Å². The van der Waals surface area contributed by atoms with Crippen LogP contribution in [0.15, 0.2) is 30.5 Å². The van der Waals surface area contributed by atoms with E-state index in [-0.39, 0.29) is 12.3 Å². The minimum absolute atomic E-state index is 0.0856. The number of nitrogens with one attached hydrogen (secondary N) is 1. The van der Waals surface area contributed by atoms with Crippen molar-refractivity contribution in [2.45, 2.75) is 19.3 Å². The second kappa shape index (κ2) is 4.58. The highest BCUT2D eigenvalue weighted by Crippen LogP contribution is 2.27. The average molecular weight is 238 g/mol. The molecule has 1 aromatic carbocycles. The van der Waals surface area contributed by atoms with Crippen molar-refractivity contribution in [2.75, 3.05) is 0 Å². The molecule has 0 fully saturated rings. The summed E-state index contributed by atoms with van der Waals surface area (Å²) in [4.78, 5) is 14.3. The lowest BCUT2D eigenvalue weighted by atomic mass is 9.97. The van der Waals surface area contributed by atoms with E-state index in [1.807, 2.05) is 37.4 Å². The zero-order chi connectivity index (χ0) is 11.5. The summed E-state index contributed by atoms with van der Waals surface area (Å²) in [7, 11) is 0. The van der Waals surface area contributed by atoms with E-state index >= 15 is 0 Å². The minimum Gasteiger partial charge on any atom is -0.361 e. The van der Waals surface area contributed by atoms with Crippen LogP contribution in [0.4, 0.5) is 0 Å². The van der Waals surface area contributed by atoms with E-state index in [1.165, 1.54) is 0 Å². The highest BCUT2D eigenvalue weighted by atomic mass is 35.5. The summed E-state index contributed by atoms with van der Waals surface area (Å²) in [6.07, 6.45) is 2.21. The molecule has 1 atom stereocenters. The van der Waals surface area contributed by atoms with Gasteiger partial charge in [-0.15, -0.1) is 0 Å². The van der Waals surface area contributed by atoms with Gasteiger partial charge in [0.15, 0.2) is 0 Å². The zero-order valence-electron chi connectivity index (χ0n) is 8.87. The van der Waals surface area contributed by atoms with Crippen molar-refractivity contribution < 1.29 is 9.08 Å². The van der Waals surface area contributed by atoms with E-state index in [0.717, 1.165) is 16.5 Å². The third-order valence-corrected chi connectivity index (χ3v) is 2.88. The molecule has 0 spiro atoms. The number of hydrogen-bond donors (Lipinski definition) is 1. The molecule has 2 rings (SSSR count). The van der Waals surface area contributed by atoms with E-state index < -0.39 is 5.97 Å². The molecule has 3 nitrogen and oxygen atoms in total. The van der Waals surface area contributed by atoms with E-state index in [0.29, 0.717) is 0 Å². The van der Waals surface area contributed by atoms with Crippen LogP contribution in [0.3, 0.4) is 0 Å². The summed E-state index contributed by atoms with van der Waals surface area (Å²) < 4.78 is 4.15. The van der Waals surface area contributed by atoms with Crippen molar-refractivity contribution >= 4 is 28.7 Å². The molecule has 0 saturated carbocycles. The number of carbonyl (C=O) groups excluding carboxylic acids is 1. The van der Waals surface area contributed by atoms with Crippen molar-refractivity contribution in [2.24, 2.45) is 0 Å². The number of halogens is 1. The normalized spacial score (nSPS) is 12.6. The van der Waals surface area contributed by atoms with Crippen LogP contribution in [-0.2, 0) is 9.08 Å². The van der Waals surface area contributed by atoms with E-state index in [4.69, 9.17) is 11.9 Å². The van der Waals surface area contributed by atoms with Crippen LogP contribution in [-0.4, -0.2) is 11.0 Å². The van der Waals surface area contributed by atoms with E-state index in [1.54, 1.807) is 0 Å². The molecular formula is C12H12ClNO2. The monoisotopic (exact) mass is 237 g/mol. The Bertz CT molecular complexity index is 506. The number of carbonyl (C=O) groups is 1. The highest BCUT2D eigenvalue weighted by Gasteiger charge is 2.15. The Hall–Kier alpha value is -1.48. The van der Waals surface area contributed by atoms with Crippen molar-refractivity contribution in [3.05, 3.63) is 36.0 Å². The van der Waals surface area contributed by atoms with Gasteiger partial charge in [0.05, 0.1) is 6.42 Å². The van der Waals surface area contributed by atoms with Crippen LogP contribution in [0.25, 0.3) is 10.9 Å². The second-order valence-electron chi connectivity index (χ2n) is 3.84. The maximum atomic E-state index is 11.1. The summed E-state index contributed by atoms with van der Waals surface area (Å²) in [6.45, 7) is 1.98. The lowest BCUT2D eigenvalue weighted by Gasteiger charge is -2.07. The van der Waals surface area contributed by atoms with Gasteiger partial charge >= 0.3 is 5.97 Å². The minimum atomic E-state index is -0.403. The van der Waals surface area contributed by atoms with Crippen LogP contribution in [0.5, 0.6) is 0 Å². The smallest absolute Gasteiger partial charge is 0.325 e. The van der Waals surface area contributed by atoms with Gasteiger partial charge in [-0.05, 0) is 17.5 Å². The fourth-order valence-corrected chi connectivity index (χ4v) is 1.96. The first-order valence-corrected chi connectivity index (χ1v) is 5.40. The molecule has 0 aliphatic carbocycles. The quantitative estimate of drug-likeness (QED) is 0.890. The standard InChI is InChI=1S/C12H12ClNO2/c1-8(6-12(15)16-13)10-7-14-11-5-3-2-4-9(10)11/h2-5,7-8,14H,6H2,1H3. The fraction of sp³-hybridized carbons (Fsp3) is 0.250. The molecule has 0 saturated heterocycles.